The summed E-state index contributed by atoms with van der Waals surface area (Å²) < 4.78 is 0. The molecule has 1 aromatic heterocycles. The summed E-state index contributed by atoms with van der Waals surface area (Å²) in [6, 6.07) is 10.5. The zero-order valence-electron chi connectivity index (χ0n) is 8.85. The van der Waals surface area contributed by atoms with Crippen LogP contribution in [0, 0.1) is 6.92 Å². The molecule has 2 rings (SSSR count). The first-order chi connectivity index (χ1) is 7.36. The molecule has 0 atom stereocenters. The van der Waals surface area contributed by atoms with Gasteiger partial charge in [-0.3, -0.25) is 0 Å². The van der Waals surface area contributed by atoms with Crippen LogP contribution in [-0.2, 0) is 12.8 Å². The van der Waals surface area contributed by atoms with Crippen LogP contribution in [0.4, 0.5) is 0 Å². The summed E-state index contributed by atoms with van der Waals surface area (Å²) in [5, 5.41) is 0. The van der Waals surface area contributed by atoms with E-state index in [1.54, 1.807) is 6.33 Å². The van der Waals surface area contributed by atoms with Gasteiger partial charge in [-0.05, 0) is 30.9 Å². The predicted octanol–water partition coefficient (Wildman–Crippen LogP) is 2.57. The molecule has 0 bridgehead atoms. The van der Waals surface area contributed by atoms with Crippen molar-refractivity contribution in [3.63, 3.8) is 0 Å². The fourth-order valence-electron chi connectivity index (χ4n) is 1.59. The lowest BCUT2D eigenvalue weighted by atomic mass is 10.1. The highest BCUT2D eigenvalue weighted by Gasteiger charge is 1.99. The van der Waals surface area contributed by atoms with E-state index in [1.807, 2.05) is 19.2 Å². The quantitative estimate of drug-likeness (QED) is 0.757. The van der Waals surface area contributed by atoms with Crippen molar-refractivity contribution in [1.82, 2.24) is 9.97 Å². The van der Waals surface area contributed by atoms with E-state index in [9.17, 15) is 0 Å². The normalized spacial score (nSPS) is 10.2. The molecule has 0 spiro atoms. The van der Waals surface area contributed by atoms with E-state index in [0.29, 0.717) is 0 Å². The molecule has 0 unspecified atom stereocenters. The average Bonchev–Trinajstić information content (AvgIpc) is 2.29. The second-order valence-electron chi connectivity index (χ2n) is 3.62. The van der Waals surface area contributed by atoms with Gasteiger partial charge in [0, 0.05) is 11.9 Å². The van der Waals surface area contributed by atoms with Crippen LogP contribution < -0.4 is 0 Å². The lowest BCUT2D eigenvalue weighted by Crippen LogP contribution is -1.96. The lowest BCUT2D eigenvalue weighted by molar-refractivity contribution is 0.910. The van der Waals surface area contributed by atoms with Crippen molar-refractivity contribution in [2.45, 2.75) is 19.8 Å². The molecule has 2 nitrogen and oxygen atoms in total. The summed E-state index contributed by atoms with van der Waals surface area (Å²) in [4.78, 5) is 8.23. The van der Waals surface area contributed by atoms with Gasteiger partial charge in [-0.25, -0.2) is 9.97 Å². The Hall–Kier alpha value is -1.70. The first-order valence-corrected chi connectivity index (χ1v) is 5.15. The lowest BCUT2D eigenvalue weighted by Gasteiger charge is -2.03. The molecule has 2 heteroatoms. The Morgan fingerprint density at radius 1 is 1.07 bits per heavy atom. The SMILES string of the molecule is Cc1ncncc1CCc1ccccc1. The molecule has 0 N–H and O–H groups in total. The number of rotatable bonds is 3. The molecule has 15 heavy (non-hydrogen) atoms. The van der Waals surface area contributed by atoms with Crippen LogP contribution in [0.2, 0.25) is 0 Å². The Balaban J connectivity index is 2.03. The van der Waals surface area contributed by atoms with Gasteiger partial charge >= 0.3 is 0 Å². The Bertz CT molecular complexity index is 424. The number of hydrogen-bond acceptors (Lipinski definition) is 2. The second-order valence-corrected chi connectivity index (χ2v) is 3.62. The van der Waals surface area contributed by atoms with Crippen molar-refractivity contribution in [2.75, 3.05) is 0 Å². The molecule has 0 amide bonds. The third kappa shape index (κ3) is 2.62. The van der Waals surface area contributed by atoms with E-state index in [1.165, 1.54) is 11.1 Å². The van der Waals surface area contributed by atoms with E-state index in [-0.39, 0.29) is 0 Å². The highest BCUT2D eigenvalue weighted by atomic mass is 14.8. The van der Waals surface area contributed by atoms with Gasteiger partial charge in [0.15, 0.2) is 0 Å². The summed E-state index contributed by atoms with van der Waals surface area (Å²) in [7, 11) is 0. The van der Waals surface area contributed by atoms with Gasteiger partial charge in [0.05, 0.1) is 0 Å². The van der Waals surface area contributed by atoms with Crippen molar-refractivity contribution in [2.24, 2.45) is 0 Å². The highest BCUT2D eigenvalue weighted by Crippen LogP contribution is 2.08. The van der Waals surface area contributed by atoms with Crippen LogP contribution >= 0.6 is 0 Å². The number of aryl methyl sites for hydroxylation is 3. The maximum atomic E-state index is 4.18. The van der Waals surface area contributed by atoms with Gasteiger partial charge in [0.2, 0.25) is 0 Å². The van der Waals surface area contributed by atoms with E-state index in [2.05, 4.69) is 34.2 Å². The summed E-state index contributed by atoms with van der Waals surface area (Å²) in [5.41, 5.74) is 3.68. The summed E-state index contributed by atoms with van der Waals surface area (Å²) in [5.74, 6) is 0. The summed E-state index contributed by atoms with van der Waals surface area (Å²) >= 11 is 0. The average molecular weight is 198 g/mol. The minimum absolute atomic E-state index is 1.01. The van der Waals surface area contributed by atoms with E-state index in [4.69, 9.17) is 0 Å². The van der Waals surface area contributed by atoms with Crippen LogP contribution in [0.3, 0.4) is 0 Å². The smallest absolute Gasteiger partial charge is 0.115 e. The van der Waals surface area contributed by atoms with Gasteiger partial charge in [0.25, 0.3) is 0 Å². The van der Waals surface area contributed by atoms with Gasteiger partial charge < -0.3 is 0 Å². The molecule has 0 aliphatic carbocycles. The maximum Gasteiger partial charge on any atom is 0.115 e. The van der Waals surface area contributed by atoms with Crippen molar-refractivity contribution in [3.8, 4) is 0 Å². The Morgan fingerprint density at radius 2 is 1.87 bits per heavy atom. The topological polar surface area (TPSA) is 25.8 Å². The number of nitrogens with zero attached hydrogens (tertiary/aromatic N) is 2. The Labute approximate surface area is 90.0 Å². The standard InChI is InChI=1S/C13H14N2/c1-11-13(9-14-10-15-11)8-7-12-5-3-2-4-6-12/h2-6,9-10H,7-8H2,1H3. The minimum Gasteiger partial charge on any atom is -0.245 e. The third-order valence-corrected chi connectivity index (χ3v) is 2.54. The first kappa shape index (κ1) is 9.84. The molecule has 0 saturated carbocycles. The van der Waals surface area contributed by atoms with Crippen LogP contribution in [-0.4, -0.2) is 9.97 Å². The number of aromatic nitrogens is 2. The van der Waals surface area contributed by atoms with Crippen LogP contribution in [0.25, 0.3) is 0 Å². The Kier molecular flexibility index (Phi) is 3.08. The van der Waals surface area contributed by atoms with Gasteiger partial charge in [-0.2, -0.15) is 0 Å². The summed E-state index contributed by atoms with van der Waals surface area (Å²) in [6.07, 6.45) is 5.57. The predicted molar refractivity (Wildman–Crippen MR) is 60.6 cm³/mol. The first-order valence-electron chi connectivity index (χ1n) is 5.15. The molecule has 0 aliphatic rings. The molecular formula is C13H14N2. The Morgan fingerprint density at radius 3 is 2.60 bits per heavy atom. The van der Waals surface area contributed by atoms with Crippen LogP contribution in [0.15, 0.2) is 42.9 Å². The summed E-state index contributed by atoms with van der Waals surface area (Å²) in [6.45, 7) is 2.03. The molecule has 1 heterocycles. The van der Waals surface area contributed by atoms with E-state index in [0.717, 1.165) is 18.5 Å². The number of benzene rings is 1. The number of hydrogen-bond donors (Lipinski definition) is 0. The highest BCUT2D eigenvalue weighted by molar-refractivity contribution is 5.19. The fraction of sp³-hybridized carbons (Fsp3) is 0.231. The van der Waals surface area contributed by atoms with Gasteiger partial charge in [-0.15, -0.1) is 0 Å². The van der Waals surface area contributed by atoms with Crippen molar-refractivity contribution in [3.05, 3.63) is 59.7 Å². The molecule has 0 aliphatic heterocycles. The maximum absolute atomic E-state index is 4.18. The van der Waals surface area contributed by atoms with Crippen molar-refractivity contribution < 1.29 is 0 Å². The van der Waals surface area contributed by atoms with Crippen LogP contribution in [0.1, 0.15) is 16.8 Å². The van der Waals surface area contributed by atoms with Gasteiger partial charge in [-0.1, -0.05) is 30.3 Å². The molecule has 0 saturated heterocycles. The molecule has 1 aromatic carbocycles. The third-order valence-electron chi connectivity index (χ3n) is 2.54. The zero-order chi connectivity index (χ0) is 10.5. The zero-order valence-corrected chi connectivity index (χ0v) is 8.85. The molecule has 76 valence electrons. The molecule has 0 fully saturated rings. The largest absolute Gasteiger partial charge is 0.245 e. The minimum atomic E-state index is 1.01. The van der Waals surface area contributed by atoms with E-state index < -0.39 is 0 Å². The molecule has 0 radical (unpaired) electrons. The van der Waals surface area contributed by atoms with Crippen LogP contribution in [0.5, 0.6) is 0 Å². The van der Waals surface area contributed by atoms with Crippen molar-refractivity contribution >= 4 is 0 Å². The molecular weight excluding hydrogens is 184 g/mol. The van der Waals surface area contributed by atoms with Crippen molar-refractivity contribution in [1.29, 1.82) is 0 Å². The van der Waals surface area contributed by atoms with Gasteiger partial charge in [0.1, 0.15) is 6.33 Å². The fourth-order valence-corrected chi connectivity index (χ4v) is 1.59. The van der Waals surface area contributed by atoms with E-state index >= 15 is 0 Å². The molecule has 2 aromatic rings. The second kappa shape index (κ2) is 4.69. The monoisotopic (exact) mass is 198 g/mol.